The monoisotopic (exact) mass is 295 g/mol. The van der Waals surface area contributed by atoms with Crippen molar-refractivity contribution in [1.82, 2.24) is 5.32 Å². The molecule has 1 unspecified atom stereocenters. The van der Waals surface area contributed by atoms with Crippen molar-refractivity contribution in [3.8, 4) is 5.75 Å². The van der Waals surface area contributed by atoms with E-state index in [2.05, 4.69) is 5.32 Å². The van der Waals surface area contributed by atoms with E-state index in [-0.39, 0.29) is 12.5 Å². The summed E-state index contributed by atoms with van der Waals surface area (Å²) in [6.45, 7) is 3.55. The normalized spacial score (nSPS) is 13.8. The maximum atomic E-state index is 12.1. The summed E-state index contributed by atoms with van der Waals surface area (Å²) in [5.74, 6) is 0.682. The number of rotatable bonds is 5. The third kappa shape index (κ3) is 3.02. The Morgan fingerprint density at radius 1 is 1.60 bits per heavy atom. The van der Waals surface area contributed by atoms with Gasteiger partial charge in [0.05, 0.1) is 19.9 Å². The fraction of sp³-hybridized carbons (Fsp3) is 0.357. The molecular weight excluding hydrogens is 278 g/mol. The Bertz CT molecular complexity index is 586. The number of thiophene rings is 1. The molecule has 0 fully saturated rings. The standard InChI is InChI=1S/C14H17NO4S/c1-9-7-10(18-3)12(20-9)13(16)15-8-14(2,17)11-5-4-6-19-11/h4-7,17H,8H2,1-3H3,(H,15,16). The van der Waals surface area contributed by atoms with Crippen molar-refractivity contribution in [2.45, 2.75) is 19.4 Å². The first kappa shape index (κ1) is 14.6. The molecule has 108 valence electrons. The molecule has 0 aliphatic heterocycles. The third-order valence-corrected chi connectivity index (χ3v) is 3.92. The van der Waals surface area contributed by atoms with E-state index in [1.54, 1.807) is 19.1 Å². The van der Waals surface area contributed by atoms with E-state index in [1.807, 2.05) is 13.0 Å². The van der Waals surface area contributed by atoms with Crippen molar-refractivity contribution in [1.29, 1.82) is 0 Å². The number of hydrogen-bond acceptors (Lipinski definition) is 5. The Hall–Kier alpha value is -1.79. The van der Waals surface area contributed by atoms with Gasteiger partial charge in [-0.05, 0) is 32.0 Å². The molecule has 0 aliphatic rings. The number of carbonyl (C=O) groups is 1. The minimum Gasteiger partial charge on any atom is -0.495 e. The zero-order chi connectivity index (χ0) is 14.8. The predicted molar refractivity (Wildman–Crippen MR) is 76.2 cm³/mol. The van der Waals surface area contributed by atoms with Crippen LogP contribution >= 0.6 is 11.3 Å². The van der Waals surface area contributed by atoms with Crippen molar-refractivity contribution in [2.75, 3.05) is 13.7 Å². The second-order valence-electron chi connectivity index (χ2n) is 4.69. The smallest absolute Gasteiger partial charge is 0.265 e. The van der Waals surface area contributed by atoms with Gasteiger partial charge in [-0.3, -0.25) is 4.79 Å². The minimum atomic E-state index is -1.25. The molecule has 2 rings (SSSR count). The molecule has 1 amide bonds. The molecule has 6 heteroatoms. The van der Waals surface area contributed by atoms with Crippen molar-refractivity contribution in [3.63, 3.8) is 0 Å². The van der Waals surface area contributed by atoms with Crippen LogP contribution in [0.2, 0.25) is 0 Å². The number of carbonyl (C=O) groups excluding carboxylic acids is 1. The van der Waals surface area contributed by atoms with Gasteiger partial charge in [0.15, 0.2) is 0 Å². The number of ether oxygens (including phenoxy) is 1. The van der Waals surface area contributed by atoms with E-state index >= 15 is 0 Å². The van der Waals surface area contributed by atoms with Crippen molar-refractivity contribution in [3.05, 3.63) is 40.0 Å². The second-order valence-corrected chi connectivity index (χ2v) is 5.94. The number of furan rings is 1. The average Bonchev–Trinajstić information content (AvgIpc) is 3.05. The lowest BCUT2D eigenvalue weighted by Gasteiger charge is -2.21. The molecule has 0 aliphatic carbocycles. The first-order valence-corrected chi connectivity index (χ1v) is 6.94. The zero-order valence-corrected chi connectivity index (χ0v) is 12.4. The number of aliphatic hydroxyl groups is 1. The predicted octanol–water partition coefficient (Wildman–Crippen LogP) is 2.30. The average molecular weight is 295 g/mol. The van der Waals surface area contributed by atoms with Crippen LogP contribution in [0.1, 0.15) is 27.2 Å². The highest BCUT2D eigenvalue weighted by molar-refractivity contribution is 7.14. The van der Waals surface area contributed by atoms with Gasteiger partial charge < -0.3 is 19.6 Å². The molecule has 1 atom stereocenters. The summed E-state index contributed by atoms with van der Waals surface area (Å²) in [5, 5.41) is 13.0. The quantitative estimate of drug-likeness (QED) is 0.888. The molecule has 0 saturated carbocycles. The van der Waals surface area contributed by atoms with Crippen molar-refractivity contribution < 1.29 is 19.1 Å². The molecule has 0 bridgehead atoms. The molecule has 0 radical (unpaired) electrons. The van der Waals surface area contributed by atoms with Gasteiger partial charge in [-0.15, -0.1) is 11.3 Å². The van der Waals surface area contributed by atoms with Crippen LogP contribution in [0.15, 0.2) is 28.9 Å². The molecule has 2 N–H and O–H groups in total. The Morgan fingerprint density at radius 3 is 2.95 bits per heavy atom. The third-order valence-electron chi connectivity index (χ3n) is 2.89. The van der Waals surface area contributed by atoms with Crippen LogP contribution < -0.4 is 10.1 Å². The molecular formula is C14H17NO4S. The number of hydrogen-bond donors (Lipinski definition) is 2. The number of amides is 1. The number of aryl methyl sites for hydroxylation is 1. The lowest BCUT2D eigenvalue weighted by Crippen LogP contribution is -2.38. The van der Waals surface area contributed by atoms with Crippen LogP contribution in [0, 0.1) is 6.92 Å². The lowest BCUT2D eigenvalue weighted by molar-refractivity contribution is 0.0330. The zero-order valence-electron chi connectivity index (χ0n) is 11.6. The summed E-state index contributed by atoms with van der Waals surface area (Å²) in [6, 6.07) is 5.17. The molecule has 2 aromatic heterocycles. The van der Waals surface area contributed by atoms with Crippen LogP contribution in [0.25, 0.3) is 0 Å². The first-order valence-electron chi connectivity index (χ1n) is 6.13. The SMILES string of the molecule is COc1cc(C)sc1C(=O)NCC(C)(O)c1ccco1. The molecule has 0 saturated heterocycles. The van der Waals surface area contributed by atoms with Crippen molar-refractivity contribution in [2.24, 2.45) is 0 Å². The summed E-state index contributed by atoms with van der Waals surface area (Å²) in [6.07, 6.45) is 1.48. The van der Waals surface area contributed by atoms with Crippen LogP contribution in [0.4, 0.5) is 0 Å². The Kier molecular flexibility index (Phi) is 4.15. The maximum absolute atomic E-state index is 12.1. The van der Waals surface area contributed by atoms with Gasteiger partial charge in [0.25, 0.3) is 5.91 Å². The van der Waals surface area contributed by atoms with Gasteiger partial charge >= 0.3 is 0 Å². The molecule has 0 aromatic carbocycles. The number of methoxy groups -OCH3 is 1. The van der Waals surface area contributed by atoms with E-state index in [9.17, 15) is 9.90 Å². The maximum Gasteiger partial charge on any atom is 0.265 e. The van der Waals surface area contributed by atoms with Crippen LogP contribution in [0.3, 0.4) is 0 Å². The Balaban J connectivity index is 2.05. The molecule has 2 heterocycles. The fourth-order valence-electron chi connectivity index (χ4n) is 1.81. The van der Waals surface area contributed by atoms with E-state index in [0.717, 1.165) is 4.88 Å². The van der Waals surface area contributed by atoms with Gasteiger partial charge in [0.1, 0.15) is 22.0 Å². The summed E-state index contributed by atoms with van der Waals surface area (Å²) in [5.41, 5.74) is -1.25. The summed E-state index contributed by atoms with van der Waals surface area (Å²) < 4.78 is 10.3. The number of nitrogens with one attached hydrogen (secondary N) is 1. The van der Waals surface area contributed by atoms with Crippen LogP contribution in [0.5, 0.6) is 5.75 Å². The summed E-state index contributed by atoms with van der Waals surface area (Å²) in [4.78, 5) is 13.6. The van der Waals surface area contributed by atoms with Crippen LogP contribution in [-0.2, 0) is 5.60 Å². The van der Waals surface area contributed by atoms with Gasteiger partial charge in [-0.2, -0.15) is 0 Å². The van der Waals surface area contributed by atoms with E-state index < -0.39 is 5.60 Å². The van der Waals surface area contributed by atoms with Gasteiger partial charge in [0.2, 0.25) is 0 Å². The molecule has 0 spiro atoms. The molecule has 20 heavy (non-hydrogen) atoms. The highest BCUT2D eigenvalue weighted by Crippen LogP contribution is 2.28. The molecule has 5 nitrogen and oxygen atoms in total. The largest absolute Gasteiger partial charge is 0.495 e. The Morgan fingerprint density at radius 2 is 2.35 bits per heavy atom. The Labute approximate surface area is 121 Å². The second kappa shape index (κ2) is 5.68. The lowest BCUT2D eigenvalue weighted by atomic mass is 10.0. The van der Waals surface area contributed by atoms with E-state index in [0.29, 0.717) is 16.4 Å². The van der Waals surface area contributed by atoms with Gasteiger partial charge in [0, 0.05) is 4.88 Å². The minimum absolute atomic E-state index is 0.0550. The summed E-state index contributed by atoms with van der Waals surface area (Å²) in [7, 11) is 1.53. The first-order chi connectivity index (χ1) is 9.44. The highest BCUT2D eigenvalue weighted by atomic mass is 32.1. The van der Waals surface area contributed by atoms with Crippen LogP contribution in [-0.4, -0.2) is 24.7 Å². The van der Waals surface area contributed by atoms with Gasteiger partial charge in [-0.25, -0.2) is 0 Å². The summed E-state index contributed by atoms with van der Waals surface area (Å²) >= 11 is 1.35. The van der Waals surface area contributed by atoms with E-state index in [4.69, 9.17) is 9.15 Å². The van der Waals surface area contributed by atoms with E-state index in [1.165, 1.54) is 24.7 Å². The highest BCUT2D eigenvalue weighted by Gasteiger charge is 2.27. The van der Waals surface area contributed by atoms with Gasteiger partial charge in [-0.1, -0.05) is 0 Å². The fourth-order valence-corrected chi connectivity index (χ4v) is 2.70. The van der Waals surface area contributed by atoms with Crippen molar-refractivity contribution >= 4 is 17.2 Å². The molecule has 2 aromatic rings. The topological polar surface area (TPSA) is 71.7 Å².